The van der Waals surface area contributed by atoms with Gasteiger partial charge in [-0.05, 0) is 42.0 Å². The van der Waals surface area contributed by atoms with Crippen LogP contribution >= 0.6 is 22.9 Å². The quantitative estimate of drug-likeness (QED) is 0.489. The van der Waals surface area contributed by atoms with Crippen LogP contribution in [-0.2, 0) is 0 Å². The number of rotatable bonds is 4. The van der Waals surface area contributed by atoms with Crippen LogP contribution < -0.4 is 10.9 Å². The zero-order chi connectivity index (χ0) is 20.3. The van der Waals surface area contributed by atoms with Gasteiger partial charge in [-0.2, -0.15) is 0 Å². The lowest BCUT2D eigenvalue weighted by molar-refractivity contribution is -0.385. The molecule has 1 aromatic heterocycles. The predicted molar refractivity (Wildman–Crippen MR) is 103 cm³/mol. The Balaban J connectivity index is 1.69. The first-order valence-corrected chi connectivity index (χ1v) is 8.95. The van der Waals surface area contributed by atoms with Gasteiger partial charge in [0.2, 0.25) is 0 Å². The van der Waals surface area contributed by atoms with Crippen LogP contribution in [0, 0.1) is 15.9 Å². The minimum atomic E-state index is -0.855. The Hall–Kier alpha value is -3.30. The van der Waals surface area contributed by atoms with Crippen LogP contribution in [-0.4, -0.2) is 16.7 Å². The standard InChI is InChI=1S/C18H11ClFN3O4S/c19-11-3-6-13(14(9-11)23(26)27)17(24)21-22-18(25)16-8-7-15(28-16)10-1-4-12(20)5-2-10/h1-9H,(H,21,24)(H,22,25). The van der Waals surface area contributed by atoms with E-state index in [1.54, 1.807) is 24.3 Å². The van der Waals surface area contributed by atoms with Crippen LogP contribution in [0.3, 0.4) is 0 Å². The minimum absolute atomic E-state index is 0.110. The van der Waals surface area contributed by atoms with E-state index in [2.05, 4.69) is 10.9 Å². The van der Waals surface area contributed by atoms with E-state index in [1.165, 1.54) is 24.3 Å². The molecule has 0 aliphatic rings. The number of hydrogen-bond donors (Lipinski definition) is 2. The summed E-state index contributed by atoms with van der Waals surface area (Å²) in [5.41, 5.74) is 4.37. The highest BCUT2D eigenvalue weighted by atomic mass is 35.5. The van der Waals surface area contributed by atoms with Crippen LogP contribution in [0.1, 0.15) is 20.0 Å². The van der Waals surface area contributed by atoms with Crippen molar-refractivity contribution in [1.82, 2.24) is 10.9 Å². The lowest BCUT2D eigenvalue weighted by atomic mass is 10.2. The highest BCUT2D eigenvalue weighted by molar-refractivity contribution is 7.17. The van der Waals surface area contributed by atoms with Crippen molar-refractivity contribution in [2.75, 3.05) is 0 Å². The first-order valence-electron chi connectivity index (χ1n) is 7.75. The van der Waals surface area contributed by atoms with Crippen LogP contribution in [0.5, 0.6) is 0 Å². The van der Waals surface area contributed by atoms with Gasteiger partial charge < -0.3 is 0 Å². The van der Waals surface area contributed by atoms with Crippen LogP contribution in [0.25, 0.3) is 10.4 Å². The summed E-state index contributed by atoms with van der Waals surface area (Å²) in [5.74, 6) is -1.81. The number of benzene rings is 2. The van der Waals surface area contributed by atoms with Crippen molar-refractivity contribution < 1.29 is 18.9 Å². The van der Waals surface area contributed by atoms with Crippen molar-refractivity contribution in [3.63, 3.8) is 0 Å². The Labute approximate surface area is 166 Å². The normalized spacial score (nSPS) is 10.4. The molecule has 2 N–H and O–H groups in total. The molecule has 142 valence electrons. The highest BCUT2D eigenvalue weighted by Crippen LogP contribution is 2.28. The van der Waals surface area contributed by atoms with E-state index in [1.807, 2.05) is 0 Å². The van der Waals surface area contributed by atoms with Gasteiger partial charge in [-0.25, -0.2) is 4.39 Å². The van der Waals surface area contributed by atoms with Gasteiger partial charge in [-0.15, -0.1) is 11.3 Å². The molecule has 0 radical (unpaired) electrons. The van der Waals surface area contributed by atoms with Gasteiger partial charge in [-0.3, -0.25) is 30.6 Å². The summed E-state index contributed by atoms with van der Waals surface area (Å²) in [6.07, 6.45) is 0. The monoisotopic (exact) mass is 419 g/mol. The second kappa shape index (κ2) is 8.15. The van der Waals surface area contributed by atoms with E-state index in [0.29, 0.717) is 4.88 Å². The molecule has 10 heteroatoms. The van der Waals surface area contributed by atoms with E-state index in [0.717, 1.165) is 27.8 Å². The molecule has 0 saturated carbocycles. The number of carbonyl (C=O) groups is 2. The number of nitrogens with zero attached hydrogens (tertiary/aromatic N) is 1. The van der Waals surface area contributed by atoms with Gasteiger partial charge in [0, 0.05) is 16.0 Å². The molecule has 0 spiro atoms. The number of hydrogen-bond acceptors (Lipinski definition) is 5. The van der Waals surface area contributed by atoms with Gasteiger partial charge in [-0.1, -0.05) is 23.7 Å². The van der Waals surface area contributed by atoms with Crippen molar-refractivity contribution >= 4 is 40.4 Å². The highest BCUT2D eigenvalue weighted by Gasteiger charge is 2.21. The fraction of sp³-hybridized carbons (Fsp3) is 0. The van der Waals surface area contributed by atoms with E-state index >= 15 is 0 Å². The van der Waals surface area contributed by atoms with Crippen molar-refractivity contribution in [2.45, 2.75) is 0 Å². The number of carbonyl (C=O) groups excluding carboxylic acids is 2. The average molecular weight is 420 g/mol. The summed E-state index contributed by atoms with van der Waals surface area (Å²) in [6.45, 7) is 0. The van der Waals surface area contributed by atoms with E-state index in [-0.39, 0.29) is 16.4 Å². The fourth-order valence-corrected chi connectivity index (χ4v) is 3.39. The Morgan fingerprint density at radius 1 is 1.00 bits per heavy atom. The third-order valence-corrected chi connectivity index (χ3v) is 5.02. The van der Waals surface area contributed by atoms with Crippen molar-refractivity contribution in [1.29, 1.82) is 0 Å². The molecule has 0 saturated heterocycles. The summed E-state index contributed by atoms with van der Waals surface area (Å²) in [6, 6.07) is 12.6. The molecular weight excluding hydrogens is 409 g/mol. The van der Waals surface area contributed by atoms with Crippen molar-refractivity contribution in [3.8, 4) is 10.4 Å². The first-order chi connectivity index (χ1) is 13.3. The summed E-state index contributed by atoms with van der Waals surface area (Å²) >= 11 is 6.86. The number of nitro benzene ring substituents is 1. The zero-order valence-corrected chi connectivity index (χ0v) is 15.5. The maximum Gasteiger partial charge on any atom is 0.283 e. The van der Waals surface area contributed by atoms with Crippen molar-refractivity contribution in [3.05, 3.63) is 86.0 Å². The average Bonchev–Trinajstić information content (AvgIpc) is 3.16. The van der Waals surface area contributed by atoms with Gasteiger partial charge in [0.1, 0.15) is 11.4 Å². The second-order valence-corrected chi connectivity index (χ2v) is 7.02. The van der Waals surface area contributed by atoms with Crippen LogP contribution in [0.4, 0.5) is 10.1 Å². The van der Waals surface area contributed by atoms with Crippen molar-refractivity contribution in [2.24, 2.45) is 0 Å². The van der Waals surface area contributed by atoms with E-state index in [4.69, 9.17) is 11.6 Å². The third-order valence-electron chi connectivity index (χ3n) is 3.65. The molecule has 0 bridgehead atoms. The molecule has 3 aromatic rings. The predicted octanol–water partition coefficient (Wildman–Crippen LogP) is 4.19. The molecule has 0 fully saturated rings. The SMILES string of the molecule is O=C(NNC(=O)c1ccc(Cl)cc1[N+](=O)[O-])c1ccc(-c2ccc(F)cc2)s1. The van der Waals surface area contributed by atoms with Gasteiger partial charge in [0.05, 0.1) is 9.80 Å². The maximum absolute atomic E-state index is 13.0. The third kappa shape index (κ3) is 4.33. The molecule has 0 unspecified atom stereocenters. The molecule has 28 heavy (non-hydrogen) atoms. The maximum atomic E-state index is 13.0. The molecule has 0 aliphatic heterocycles. The largest absolute Gasteiger partial charge is 0.283 e. The zero-order valence-electron chi connectivity index (χ0n) is 13.9. The van der Waals surface area contributed by atoms with E-state index in [9.17, 15) is 24.1 Å². The number of halogens is 2. The Morgan fingerprint density at radius 3 is 2.36 bits per heavy atom. The topological polar surface area (TPSA) is 101 Å². The lowest BCUT2D eigenvalue weighted by Gasteiger charge is -2.07. The number of amides is 2. The smallest absolute Gasteiger partial charge is 0.267 e. The molecule has 2 amide bonds. The van der Waals surface area contributed by atoms with Gasteiger partial charge in [0.15, 0.2) is 0 Å². The summed E-state index contributed by atoms with van der Waals surface area (Å²) in [5, 5.41) is 11.2. The number of hydrazine groups is 1. The Morgan fingerprint density at radius 2 is 1.68 bits per heavy atom. The van der Waals surface area contributed by atoms with Gasteiger partial charge in [0.25, 0.3) is 17.5 Å². The Kier molecular flexibility index (Phi) is 5.67. The number of thiophene rings is 1. The minimum Gasteiger partial charge on any atom is -0.267 e. The van der Waals surface area contributed by atoms with Crippen LogP contribution in [0.15, 0.2) is 54.6 Å². The molecule has 1 heterocycles. The summed E-state index contributed by atoms with van der Waals surface area (Å²) in [4.78, 5) is 35.7. The summed E-state index contributed by atoms with van der Waals surface area (Å²) in [7, 11) is 0. The van der Waals surface area contributed by atoms with Gasteiger partial charge >= 0.3 is 0 Å². The first kappa shape index (κ1) is 19.5. The number of nitro groups is 1. The lowest BCUT2D eigenvalue weighted by Crippen LogP contribution is -2.41. The summed E-state index contributed by atoms with van der Waals surface area (Å²) < 4.78 is 13.0. The molecular formula is C18H11ClFN3O4S. The van der Waals surface area contributed by atoms with E-state index < -0.39 is 22.4 Å². The molecule has 0 atom stereocenters. The van der Waals surface area contributed by atoms with Crippen LogP contribution in [0.2, 0.25) is 5.02 Å². The number of nitrogens with one attached hydrogen (secondary N) is 2. The molecule has 0 aliphatic carbocycles. The Bertz CT molecular complexity index is 1070. The fourth-order valence-electron chi connectivity index (χ4n) is 2.32. The molecule has 3 rings (SSSR count). The molecule has 2 aromatic carbocycles. The molecule has 7 nitrogen and oxygen atoms in total. The second-order valence-electron chi connectivity index (χ2n) is 5.50.